The molecular weight excluding hydrogens is 222 g/mol. The van der Waals surface area contributed by atoms with Gasteiger partial charge in [-0.3, -0.25) is 0 Å². The summed E-state index contributed by atoms with van der Waals surface area (Å²) in [6.07, 6.45) is 5.40. The molecule has 0 aromatic carbocycles. The topological polar surface area (TPSA) is 0 Å². The Bertz CT molecular complexity index is 85.1. The lowest BCUT2D eigenvalue weighted by Gasteiger charge is -2.05. The molecule has 0 bridgehead atoms. The van der Waals surface area contributed by atoms with Crippen LogP contribution in [-0.4, -0.2) is 35.1 Å². The molecule has 0 radical (unpaired) electrons. The number of hydrogen-bond donors (Lipinski definition) is 2. The zero-order chi connectivity index (χ0) is 9.40. The van der Waals surface area contributed by atoms with Crippen molar-refractivity contribution in [2.45, 2.75) is 24.3 Å². The summed E-state index contributed by atoms with van der Waals surface area (Å²) in [7, 11) is 2.24. The summed E-state index contributed by atoms with van der Waals surface area (Å²) in [5.41, 5.74) is 0. The van der Waals surface area contributed by atoms with E-state index in [1.807, 2.05) is 0 Å². The normalized spacial score (nSPS) is 18.0. The number of hydrogen-bond acceptors (Lipinski definition) is 2. The number of thiol groups is 2. The lowest BCUT2D eigenvalue weighted by Crippen LogP contribution is -1.97. The molecule has 0 saturated carbocycles. The van der Waals surface area contributed by atoms with Gasteiger partial charge in [-0.05, 0) is 24.6 Å². The Hall–Kier alpha value is 1.56. The monoisotopic (exact) mass is 242 g/mol. The molecule has 0 fully saturated rings. The Kier molecular flexibility index (Phi) is 10.3. The summed E-state index contributed by atoms with van der Waals surface area (Å²) in [5, 5.41) is 1.19. The lowest BCUT2D eigenvalue weighted by atomic mass is 10.6. The van der Waals surface area contributed by atoms with E-state index in [1.165, 1.54) is 24.6 Å². The summed E-state index contributed by atoms with van der Waals surface area (Å²) >= 11 is 8.71. The Balaban J connectivity index is 2.91. The van der Waals surface area contributed by atoms with E-state index in [0.29, 0.717) is 10.5 Å². The highest BCUT2D eigenvalue weighted by Crippen LogP contribution is 2.20. The summed E-state index contributed by atoms with van der Waals surface area (Å²) in [6.45, 7) is 4.35. The first-order valence-corrected chi connectivity index (χ1v) is 8.26. The van der Waals surface area contributed by atoms with E-state index in [0.717, 1.165) is 17.2 Å². The maximum atomic E-state index is 4.35. The van der Waals surface area contributed by atoms with Crippen molar-refractivity contribution in [2.75, 3.05) is 24.6 Å². The minimum absolute atomic E-state index is 0.593. The van der Waals surface area contributed by atoms with Crippen LogP contribution in [0.15, 0.2) is 0 Å². The van der Waals surface area contributed by atoms with Crippen LogP contribution in [0.1, 0.15) is 13.8 Å². The van der Waals surface area contributed by atoms with Crippen molar-refractivity contribution in [3.63, 3.8) is 0 Å². The molecule has 0 N–H and O–H groups in total. The van der Waals surface area contributed by atoms with Crippen LogP contribution >= 0.6 is 42.4 Å². The van der Waals surface area contributed by atoms with Gasteiger partial charge in [0.2, 0.25) is 0 Å². The maximum absolute atomic E-state index is 4.35. The highest BCUT2D eigenvalue weighted by molar-refractivity contribution is 7.81. The molecule has 0 aliphatic heterocycles. The maximum Gasteiger partial charge on any atom is 0.00253 e. The highest BCUT2D eigenvalue weighted by Gasteiger charge is 1.96. The fraction of sp³-hybridized carbons (Fsp3) is 1.00. The quantitative estimate of drug-likeness (QED) is 0.383. The van der Waals surface area contributed by atoms with E-state index in [-0.39, 0.29) is 0 Å². The van der Waals surface area contributed by atoms with Crippen molar-refractivity contribution in [3.8, 4) is 0 Å². The molecule has 74 valence electrons. The van der Waals surface area contributed by atoms with Crippen LogP contribution in [0.5, 0.6) is 0 Å². The summed E-state index contributed by atoms with van der Waals surface area (Å²) < 4.78 is 0. The third kappa shape index (κ3) is 11.6. The molecule has 0 rings (SSSR count). The molecular formula is C8H20P2S2. The van der Waals surface area contributed by atoms with Crippen LogP contribution in [0.25, 0.3) is 0 Å². The summed E-state index contributed by atoms with van der Waals surface area (Å²) in [4.78, 5) is 0. The van der Waals surface area contributed by atoms with E-state index in [4.69, 9.17) is 0 Å². The van der Waals surface area contributed by atoms with Crippen molar-refractivity contribution >= 4 is 42.4 Å². The Morgan fingerprint density at radius 2 is 1.25 bits per heavy atom. The first-order chi connectivity index (χ1) is 5.63. The zero-order valence-electron chi connectivity index (χ0n) is 7.88. The first kappa shape index (κ1) is 13.6. The fourth-order valence-electron chi connectivity index (χ4n) is 0.799. The molecule has 0 aromatic heterocycles. The van der Waals surface area contributed by atoms with Gasteiger partial charge < -0.3 is 0 Å². The standard InChI is InChI=1S/C8H20P2S2/c1-7(11)5-9-3-4-10-6-8(2)12/h7-12H,3-6H2,1-2H3. The van der Waals surface area contributed by atoms with Gasteiger partial charge in [-0.25, -0.2) is 0 Å². The van der Waals surface area contributed by atoms with Gasteiger partial charge in [-0.2, -0.15) is 25.3 Å². The number of rotatable bonds is 7. The van der Waals surface area contributed by atoms with Crippen LogP contribution in [-0.2, 0) is 0 Å². The van der Waals surface area contributed by atoms with Gasteiger partial charge >= 0.3 is 0 Å². The largest absolute Gasteiger partial charge is 0.176 e. The third-order valence-electron chi connectivity index (χ3n) is 1.36. The second-order valence-corrected chi connectivity index (χ2v) is 7.69. The molecule has 4 atom stereocenters. The molecule has 4 unspecified atom stereocenters. The van der Waals surface area contributed by atoms with E-state index >= 15 is 0 Å². The first-order valence-electron chi connectivity index (χ1n) is 4.40. The SMILES string of the molecule is CC(S)CPCCPCC(C)S. The second kappa shape index (κ2) is 9.13. The third-order valence-corrected chi connectivity index (χ3v) is 5.92. The van der Waals surface area contributed by atoms with Gasteiger partial charge in [-0.1, -0.05) is 13.8 Å². The van der Waals surface area contributed by atoms with Gasteiger partial charge in [0.15, 0.2) is 0 Å². The molecule has 0 aliphatic carbocycles. The predicted molar refractivity (Wildman–Crippen MR) is 73.0 cm³/mol. The molecule has 0 saturated heterocycles. The summed E-state index contributed by atoms with van der Waals surface area (Å²) in [6, 6.07) is 0. The fourth-order valence-corrected chi connectivity index (χ4v) is 4.23. The highest BCUT2D eigenvalue weighted by atomic mass is 32.1. The van der Waals surface area contributed by atoms with Crippen LogP contribution < -0.4 is 0 Å². The average molecular weight is 242 g/mol. The predicted octanol–water partition coefficient (Wildman–Crippen LogP) is 2.98. The van der Waals surface area contributed by atoms with Crippen molar-refractivity contribution in [1.82, 2.24) is 0 Å². The average Bonchev–Trinajstić information content (AvgIpc) is 1.95. The zero-order valence-corrected chi connectivity index (χ0v) is 11.7. The van der Waals surface area contributed by atoms with Crippen LogP contribution in [0, 0.1) is 0 Å². The molecule has 0 nitrogen and oxygen atoms in total. The molecule has 12 heavy (non-hydrogen) atoms. The van der Waals surface area contributed by atoms with Crippen molar-refractivity contribution < 1.29 is 0 Å². The van der Waals surface area contributed by atoms with Crippen LogP contribution in [0.3, 0.4) is 0 Å². The Morgan fingerprint density at radius 1 is 0.917 bits per heavy atom. The molecule has 0 aromatic rings. The van der Waals surface area contributed by atoms with Crippen LogP contribution in [0.4, 0.5) is 0 Å². The molecule has 0 spiro atoms. The smallest absolute Gasteiger partial charge is 0.00253 e. The Morgan fingerprint density at radius 3 is 1.50 bits per heavy atom. The van der Waals surface area contributed by atoms with Gasteiger partial charge in [0, 0.05) is 10.5 Å². The van der Waals surface area contributed by atoms with Crippen molar-refractivity contribution in [2.24, 2.45) is 0 Å². The molecule has 4 heteroatoms. The minimum Gasteiger partial charge on any atom is -0.176 e. The molecule has 0 amide bonds. The van der Waals surface area contributed by atoms with Crippen molar-refractivity contribution in [1.29, 1.82) is 0 Å². The van der Waals surface area contributed by atoms with Gasteiger partial charge in [-0.15, -0.1) is 17.2 Å². The van der Waals surface area contributed by atoms with Gasteiger partial charge in [0.05, 0.1) is 0 Å². The molecule has 0 aliphatic rings. The lowest BCUT2D eigenvalue weighted by molar-refractivity contribution is 1.13. The van der Waals surface area contributed by atoms with Gasteiger partial charge in [0.25, 0.3) is 0 Å². The van der Waals surface area contributed by atoms with E-state index in [9.17, 15) is 0 Å². The van der Waals surface area contributed by atoms with E-state index in [1.54, 1.807) is 0 Å². The van der Waals surface area contributed by atoms with Gasteiger partial charge in [0.1, 0.15) is 0 Å². The molecule has 0 heterocycles. The van der Waals surface area contributed by atoms with E-state index in [2.05, 4.69) is 39.1 Å². The Labute approximate surface area is 91.4 Å². The van der Waals surface area contributed by atoms with Crippen LogP contribution in [0.2, 0.25) is 0 Å². The van der Waals surface area contributed by atoms with Crippen molar-refractivity contribution in [3.05, 3.63) is 0 Å². The summed E-state index contributed by atoms with van der Waals surface area (Å²) in [5.74, 6) is 0. The second-order valence-electron chi connectivity index (χ2n) is 3.11. The van der Waals surface area contributed by atoms with E-state index < -0.39 is 0 Å². The minimum atomic E-state index is 0.593.